The van der Waals surface area contributed by atoms with Crippen LogP contribution in [0.25, 0.3) is 17.0 Å². The lowest BCUT2D eigenvalue weighted by molar-refractivity contribution is -0.133. The number of piperazine rings is 1. The highest BCUT2D eigenvalue weighted by Crippen LogP contribution is 2.15. The van der Waals surface area contributed by atoms with Crippen LogP contribution in [-0.2, 0) is 17.8 Å². The first kappa shape index (κ1) is 21.0. The maximum atomic E-state index is 12.7. The number of rotatable bonds is 6. The lowest BCUT2D eigenvalue weighted by Gasteiger charge is -2.34. The Kier molecular flexibility index (Phi) is 5.90. The van der Waals surface area contributed by atoms with E-state index >= 15 is 0 Å². The number of nitrogens with zero attached hydrogens (tertiary/aromatic N) is 7. The Morgan fingerprint density at radius 1 is 1.03 bits per heavy atom. The van der Waals surface area contributed by atoms with Gasteiger partial charge in [0.05, 0.1) is 5.69 Å². The van der Waals surface area contributed by atoms with Crippen molar-refractivity contribution in [3.05, 3.63) is 76.9 Å². The van der Waals surface area contributed by atoms with E-state index in [-0.39, 0.29) is 11.5 Å². The summed E-state index contributed by atoms with van der Waals surface area (Å²) in [5.74, 6) is 1.01. The molecule has 10 heteroatoms. The van der Waals surface area contributed by atoms with Crippen molar-refractivity contribution in [3.8, 4) is 11.4 Å². The van der Waals surface area contributed by atoms with Crippen molar-refractivity contribution in [2.24, 2.45) is 0 Å². The van der Waals surface area contributed by atoms with Crippen LogP contribution < -0.4 is 5.56 Å². The molecule has 1 aliphatic rings. The lowest BCUT2D eigenvalue weighted by atomic mass is 10.2. The molecule has 5 heterocycles. The first-order chi connectivity index (χ1) is 16.2. The minimum absolute atomic E-state index is 0.0698. The lowest BCUT2D eigenvalue weighted by Crippen LogP contribution is -2.48. The highest BCUT2D eigenvalue weighted by molar-refractivity contribution is 5.76. The Bertz CT molecular complexity index is 1310. The number of hydrogen-bond acceptors (Lipinski definition) is 8. The largest absolute Gasteiger partial charge is 0.340 e. The monoisotopic (exact) mass is 445 g/mol. The summed E-state index contributed by atoms with van der Waals surface area (Å²) in [4.78, 5) is 41.9. The van der Waals surface area contributed by atoms with Gasteiger partial charge < -0.3 is 9.42 Å². The topological polar surface area (TPSA) is 110 Å². The Hall–Kier alpha value is -3.92. The highest BCUT2D eigenvalue weighted by atomic mass is 16.5. The molecule has 0 N–H and O–H groups in total. The van der Waals surface area contributed by atoms with E-state index < -0.39 is 0 Å². The second-order valence-electron chi connectivity index (χ2n) is 7.92. The molecule has 4 aromatic heterocycles. The first-order valence-corrected chi connectivity index (χ1v) is 10.9. The summed E-state index contributed by atoms with van der Waals surface area (Å²) in [6.45, 7) is 3.32. The average Bonchev–Trinajstić information content (AvgIpc) is 3.33. The van der Waals surface area contributed by atoms with Crippen LogP contribution in [0.5, 0.6) is 0 Å². The third kappa shape index (κ3) is 4.80. The summed E-state index contributed by atoms with van der Waals surface area (Å²) < 4.78 is 6.82. The Morgan fingerprint density at radius 2 is 1.85 bits per heavy atom. The van der Waals surface area contributed by atoms with Crippen molar-refractivity contribution >= 4 is 11.6 Å². The van der Waals surface area contributed by atoms with Gasteiger partial charge in [-0.1, -0.05) is 11.2 Å². The molecule has 1 aliphatic heterocycles. The van der Waals surface area contributed by atoms with E-state index in [2.05, 4.69) is 25.0 Å². The highest BCUT2D eigenvalue weighted by Gasteiger charge is 2.22. The molecule has 0 spiro atoms. The molecule has 10 nitrogen and oxygen atoms in total. The number of pyridine rings is 2. The molecule has 0 radical (unpaired) electrons. The number of aryl methyl sites for hydroxylation is 1. The zero-order chi connectivity index (χ0) is 22.6. The minimum atomic E-state index is -0.0856. The molecule has 0 bridgehead atoms. The van der Waals surface area contributed by atoms with Crippen molar-refractivity contribution in [2.45, 2.75) is 19.4 Å². The number of carbonyl (C=O) groups is 1. The van der Waals surface area contributed by atoms with E-state index in [0.717, 1.165) is 24.3 Å². The molecule has 0 unspecified atom stereocenters. The van der Waals surface area contributed by atoms with Crippen LogP contribution in [0.2, 0.25) is 0 Å². The predicted molar refractivity (Wildman–Crippen MR) is 119 cm³/mol. The second kappa shape index (κ2) is 9.29. The van der Waals surface area contributed by atoms with Crippen LogP contribution in [0, 0.1) is 0 Å². The van der Waals surface area contributed by atoms with Gasteiger partial charge in [0.25, 0.3) is 5.56 Å². The molecule has 0 aromatic carbocycles. The number of aromatic nitrogens is 5. The van der Waals surface area contributed by atoms with Gasteiger partial charge in [-0.3, -0.25) is 23.9 Å². The molecule has 33 heavy (non-hydrogen) atoms. The van der Waals surface area contributed by atoms with Crippen molar-refractivity contribution in [2.75, 3.05) is 26.2 Å². The smallest absolute Gasteiger partial charge is 0.258 e. The molecule has 1 saturated heterocycles. The maximum absolute atomic E-state index is 12.7. The molecule has 4 aromatic rings. The number of fused-ring (bicyclic) bond motifs is 1. The fraction of sp³-hybridized carbons (Fsp3) is 0.304. The standard InChI is InChI=1S/C23H23N7O3/c31-21(5-4-20-26-23(27-33-20)17-6-8-24-9-7-17)29-13-11-28(12-14-29)16-18-15-22(32)30-10-2-1-3-19(30)25-18/h1-3,6-10,15H,4-5,11-14,16H2. The quantitative estimate of drug-likeness (QED) is 0.438. The summed E-state index contributed by atoms with van der Waals surface area (Å²) in [5.41, 5.74) is 2.12. The van der Waals surface area contributed by atoms with E-state index in [9.17, 15) is 9.59 Å². The van der Waals surface area contributed by atoms with Crippen LogP contribution in [0.4, 0.5) is 0 Å². The SMILES string of the molecule is O=C(CCc1nc(-c2ccncc2)no1)N1CCN(Cc2cc(=O)n3ccccc3n2)CC1. The molecule has 5 rings (SSSR count). The Morgan fingerprint density at radius 3 is 2.67 bits per heavy atom. The van der Waals surface area contributed by atoms with Gasteiger partial charge in [0, 0.05) is 75.8 Å². The van der Waals surface area contributed by atoms with Crippen molar-refractivity contribution in [1.29, 1.82) is 0 Å². The Labute approximate surface area is 189 Å². The second-order valence-corrected chi connectivity index (χ2v) is 7.92. The molecule has 168 valence electrons. The van der Waals surface area contributed by atoms with Gasteiger partial charge in [0.2, 0.25) is 17.6 Å². The molecule has 1 fully saturated rings. The summed E-state index contributed by atoms with van der Waals surface area (Å²) in [6, 6.07) is 10.7. The fourth-order valence-electron chi connectivity index (χ4n) is 3.92. The van der Waals surface area contributed by atoms with Gasteiger partial charge in [-0.25, -0.2) is 4.98 Å². The van der Waals surface area contributed by atoms with E-state index in [1.807, 2.05) is 35.2 Å². The molecule has 0 aliphatic carbocycles. The van der Waals surface area contributed by atoms with E-state index in [1.165, 1.54) is 4.40 Å². The normalized spacial score (nSPS) is 14.6. The number of amides is 1. The van der Waals surface area contributed by atoms with Crippen LogP contribution in [0.1, 0.15) is 18.0 Å². The Balaban J connectivity index is 1.12. The van der Waals surface area contributed by atoms with Gasteiger partial charge in [0.1, 0.15) is 5.65 Å². The van der Waals surface area contributed by atoms with E-state index in [1.54, 1.807) is 24.7 Å². The molecule has 1 amide bonds. The van der Waals surface area contributed by atoms with Crippen molar-refractivity contribution < 1.29 is 9.32 Å². The predicted octanol–water partition coefficient (Wildman–Crippen LogP) is 1.42. The van der Waals surface area contributed by atoms with E-state index in [0.29, 0.717) is 49.8 Å². The first-order valence-electron chi connectivity index (χ1n) is 10.9. The minimum Gasteiger partial charge on any atom is -0.340 e. The van der Waals surface area contributed by atoms with Crippen molar-refractivity contribution in [1.82, 2.24) is 34.3 Å². The summed E-state index contributed by atoms with van der Waals surface area (Å²) in [7, 11) is 0. The molecule has 0 saturated carbocycles. The third-order valence-electron chi connectivity index (χ3n) is 5.69. The molecular formula is C23H23N7O3. The van der Waals surface area contributed by atoms with Crippen LogP contribution in [0.3, 0.4) is 0 Å². The van der Waals surface area contributed by atoms with E-state index in [4.69, 9.17) is 4.52 Å². The molecular weight excluding hydrogens is 422 g/mol. The average molecular weight is 445 g/mol. The summed E-state index contributed by atoms with van der Waals surface area (Å²) in [5, 5.41) is 3.98. The van der Waals surface area contributed by atoms with Gasteiger partial charge in [-0.15, -0.1) is 0 Å². The van der Waals surface area contributed by atoms with Crippen LogP contribution in [0.15, 0.2) is 64.3 Å². The zero-order valence-electron chi connectivity index (χ0n) is 18.0. The van der Waals surface area contributed by atoms with Gasteiger partial charge in [0.15, 0.2) is 0 Å². The van der Waals surface area contributed by atoms with Gasteiger partial charge in [-0.05, 0) is 24.3 Å². The maximum Gasteiger partial charge on any atom is 0.258 e. The third-order valence-corrected chi connectivity index (χ3v) is 5.69. The van der Waals surface area contributed by atoms with Gasteiger partial charge in [-0.2, -0.15) is 4.98 Å². The summed E-state index contributed by atoms with van der Waals surface area (Å²) >= 11 is 0. The van der Waals surface area contributed by atoms with Gasteiger partial charge >= 0.3 is 0 Å². The summed E-state index contributed by atoms with van der Waals surface area (Å²) in [6.07, 6.45) is 5.78. The van der Waals surface area contributed by atoms with Crippen molar-refractivity contribution in [3.63, 3.8) is 0 Å². The van der Waals surface area contributed by atoms with Crippen LogP contribution in [-0.4, -0.2) is 66.4 Å². The zero-order valence-corrected chi connectivity index (χ0v) is 18.0. The molecule has 0 atom stereocenters. The van der Waals surface area contributed by atoms with Crippen LogP contribution >= 0.6 is 0 Å². The number of carbonyl (C=O) groups excluding carboxylic acids is 1. The fourth-order valence-corrected chi connectivity index (χ4v) is 3.92. The number of hydrogen-bond donors (Lipinski definition) is 0.